The number of benzene rings is 1. The second-order valence-electron chi connectivity index (χ2n) is 6.65. The highest BCUT2D eigenvalue weighted by atomic mass is 32.1. The third kappa shape index (κ3) is 2.50. The fourth-order valence-electron chi connectivity index (χ4n) is 3.76. The zero-order valence-corrected chi connectivity index (χ0v) is 14.7. The van der Waals surface area contributed by atoms with Crippen LogP contribution in [0.3, 0.4) is 0 Å². The summed E-state index contributed by atoms with van der Waals surface area (Å²) >= 11 is 1.42. The van der Waals surface area contributed by atoms with Crippen molar-refractivity contribution in [2.45, 2.75) is 19.4 Å². The Kier molecular flexibility index (Phi) is 3.81. The molecule has 6 heteroatoms. The normalized spacial score (nSPS) is 24.8. The number of ether oxygens (including phenoxy) is 1. The van der Waals surface area contributed by atoms with Crippen molar-refractivity contribution in [3.63, 3.8) is 0 Å². The quantitative estimate of drug-likeness (QED) is 0.926. The SMILES string of the molecule is COc1nc(C(=O)N2C[C@@H]3C[C@@H]3[C@H]2CN)c(-c2cccc(C)c2)s1. The van der Waals surface area contributed by atoms with Gasteiger partial charge in [0.25, 0.3) is 11.1 Å². The molecular weight excluding hydrogens is 322 g/mol. The van der Waals surface area contributed by atoms with Crippen LogP contribution in [0.25, 0.3) is 10.4 Å². The minimum Gasteiger partial charge on any atom is -0.473 e. The number of carbonyl (C=O) groups is 1. The maximum atomic E-state index is 13.1. The van der Waals surface area contributed by atoms with Crippen molar-refractivity contribution in [2.24, 2.45) is 17.6 Å². The fourth-order valence-corrected chi connectivity index (χ4v) is 4.63. The Bertz CT molecular complexity index is 788. The molecule has 0 unspecified atom stereocenters. The van der Waals surface area contributed by atoms with Gasteiger partial charge in [0.1, 0.15) is 0 Å². The maximum absolute atomic E-state index is 13.1. The van der Waals surface area contributed by atoms with E-state index in [-0.39, 0.29) is 11.9 Å². The van der Waals surface area contributed by atoms with Gasteiger partial charge in [0.15, 0.2) is 5.69 Å². The number of hydrogen-bond acceptors (Lipinski definition) is 5. The monoisotopic (exact) mass is 343 g/mol. The lowest BCUT2D eigenvalue weighted by atomic mass is 10.1. The zero-order chi connectivity index (χ0) is 16.8. The number of likely N-dealkylation sites (tertiary alicyclic amines) is 1. The van der Waals surface area contributed by atoms with E-state index in [1.807, 2.05) is 30.0 Å². The van der Waals surface area contributed by atoms with E-state index in [4.69, 9.17) is 10.5 Å². The molecule has 2 aromatic rings. The lowest BCUT2D eigenvalue weighted by molar-refractivity contribution is 0.0707. The summed E-state index contributed by atoms with van der Waals surface area (Å²) in [7, 11) is 1.58. The van der Waals surface area contributed by atoms with Gasteiger partial charge in [-0.3, -0.25) is 4.79 Å². The summed E-state index contributed by atoms with van der Waals surface area (Å²) in [5.74, 6) is 1.20. The first kappa shape index (κ1) is 15.6. The van der Waals surface area contributed by atoms with Gasteiger partial charge in [0, 0.05) is 19.1 Å². The number of piperidine rings is 1. The molecule has 2 heterocycles. The van der Waals surface area contributed by atoms with E-state index < -0.39 is 0 Å². The molecule has 4 rings (SSSR count). The van der Waals surface area contributed by atoms with Gasteiger partial charge in [0.2, 0.25) is 0 Å². The molecule has 1 aromatic carbocycles. The molecule has 3 atom stereocenters. The van der Waals surface area contributed by atoms with Gasteiger partial charge < -0.3 is 15.4 Å². The largest absolute Gasteiger partial charge is 0.473 e. The zero-order valence-electron chi connectivity index (χ0n) is 13.9. The molecule has 1 aliphatic carbocycles. The van der Waals surface area contributed by atoms with Crippen molar-refractivity contribution in [3.8, 4) is 15.6 Å². The molecular formula is C18H21N3O2S. The number of methoxy groups -OCH3 is 1. The summed E-state index contributed by atoms with van der Waals surface area (Å²) in [6.45, 7) is 3.37. The molecule has 5 nitrogen and oxygen atoms in total. The fraction of sp³-hybridized carbons (Fsp3) is 0.444. The van der Waals surface area contributed by atoms with Gasteiger partial charge in [-0.2, -0.15) is 4.98 Å². The van der Waals surface area contributed by atoms with Gasteiger partial charge in [0.05, 0.1) is 12.0 Å². The molecule has 2 fully saturated rings. The van der Waals surface area contributed by atoms with E-state index in [9.17, 15) is 4.79 Å². The number of amides is 1. The Balaban J connectivity index is 1.72. The molecule has 24 heavy (non-hydrogen) atoms. The number of carbonyl (C=O) groups excluding carboxylic acids is 1. The van der Waals surface area contributed by atoms with Crippen LogP contribution < -0.4 is 10.5 Å². The van der Waals surface area contributed by atoms with E-state index >= 15 is 0 Å². The van der Waals surface area contributed by atoms with E-state index in [2.05, 4.69) is 11.1 Å². The number of thiazole rings is 1. The van der Waals surface area contributed by atoms with Crippen molar-refractivity contribution in [3.05, 3.63) is 35.5 Å². The van der Waals surface area contributed by atoms with Crippen LogP contribution in [0.1, 0.15) is 22.5 Å². The lowest BCUT2D eigenvalue weighted by Crippen LogP contribution is -2.43. The Hall–Kier alpha value is -1.92. The Morgan fingerprint density at radius 2 is 2.33 bits per heavy atom. The Morgan fingerprint density at radius 3 is 3.04 bits per heavy atom. The van der Waals surface area contributed by atoms with Crippen molar-refractivity contribution in [1.29, 1.82) is 0 Å². The van der Waals surface area contributed by atoms with E-state index in [0.29, 0.717) is 29.3 Å². The molecule has 2 N–H and O–H groups in total. The minimum absolute atomic E-state index is 0.0197. The Morgan fingerprint density at radius 1 is 1.50 bits per heavy atom. The highest BCUT2D eigenvalue weighted by Crippen LogP contribution is 2.50. The van der Waals surface area contributed by atoms with Gasteiger partial charge in [-0.15, -0.1) is 0 Å². The molecule has 0 bridgehead atoms. The van der Waals surface area contributed by atoms with E-state index in [1.54, 1.807) is 7.11 Å². The summed E-state index contributed by atoms with van der Waals surface area (Å²) in [4.78, 5) is 20.4. The van der Waals surface area contributed by atoms with Crippen LogP contribution in [-0.2, 0) is 0 Å². The predicted octanol–water partition coefficient (Wildman–Crippen LogP) is 2.55. The van der Waals surface area contributed by atoms with E-state index in [1.165, 1.54) is 17.8 Å². The van der Waals surface area contributed by atoms with Gasteiger partial charge in [-0.1, -0.05) is 41.2 Å². The van der Waals surface area contributed by atoms with E-state index in [0.717, 1.165) is 22.5 Å². The predicted molar refractivity (Wildman–Crippen MR) is 94.3 cm³/mol. The molecule has 0 radical (unpaired) electrons. The third-order valence-corrected chi connectivity index (χ3v) is 6.14. The molecule has 0 spiro atoms. The minimum atomic E-state index is -0.0197. The van der Waals surface area contributed by atoms with Crippen molar-refractivity contribution < 1.29 is 9.53 Å². The van der Waals surface area contributed by atoms with Gasteiger partial charge in [-0.25, -0.2) is 0 Å². The summed E-state index contributed by atoms with van der Waals surface area (Å²) in [6, 6.07) is 8.28. The van der Waals surface area contributed by atoms with Gasteiger partial charge >= 0.3 is 0 Å². The summed E-state index contributed by atoms with van der Waals surface area (Å²) in [6.07, 6.45) is 1.21. The molecule has 1 saturated heterocycles. The topological polar surface area (TPSA) is 68.5 Å². The molecule has 1 aliphatic heterocycles. The number of aryl methyl sites for hydroxylation is 1. The van der Waals surface area contributed by atoms with Crippen LogP contribution in [0.15, 0.2) is 24.3 Å². The average Bonchev–Trinajstić information content (AvgIpc) is 3.08. The highest BCUT2D eigenvalue weighted by Gasteiger charge is 2.53. The highest BCUT2D eigenvalue weighted by molar-refractivity contribution is 7.17. The number of nitrogens with zero attached hydrogens (tertiary/aromatic N) is 2. The molecule has 1 aromatic heterocycles. The number of aromatic nitrogens is 1. The first-order valence-electron chi connectivity index (χ1n) is 8.25. The molecule has 1 amide bonds. The van der Waals surface area contributed by atoms with Gasteiger partial charge in [-0.05, 0) is 30.7 Å². The number of rotatable bonds is 4. The average molecular weight is 343 g/mol. The van der Waals surface area contributed by atoms with Crippen LogP contribution in [0, 0.1) is 18.8 Å². The number of hydrogen-bond donors (Lipinski definition) is 1. The number of fused-ring (bicyclic) bond motifs is 1. The summed E-state index contributed by atoms with van der Waals surface area (Å²) in [5, 5.41) is 0.517. The maximum Gasteiger partial charge on any atom is 0.274 e. The first-order chi connectivity index (χ1) is 11.6. The van der Waals surface area contributed by atoms with Crippen LogP contribution >= 0.6 is 11.3 Å². The molecule has 2 aliphatic rings. The lowest BCUT2D eigenvalue weighted by Gasteiger charge is -2.26. The van der Waals surface area contributed by atoms with Crippen LogP contribution in [0.4, 0.5) is 0 Å². The van der Waals surface area contributed by atoms with Crippen LogP contribution in [0.2, 0.25) is 0 Å². The number of nitrogens with two attached hydrogens (primary N) is 1. The van der Waals surface area contributed by atoms with Crippen LogP contribution in [0.5, 0.6) is 5.19 Å². The third-order valence-electron chi connectivity index (χ3n) is 5.07. The van der Waals surface area contributed by atoms with Crippen molar-refractivity contribution >= 4 is 17.2 Å². The van der Waals surface area contributed by atoms with Crippen molar-refractivity contribution in [2.75, 3.05) is 20.2 Å². The van der Waals surface area contributed by atoms with Crippen molar-refractivity contribution in [1.82, 2.24) is 9.88 Å². The van der Waals surface area contributed by atoms with Crippen LogP contribution in [-0.4, -0.2) is 42.0 Å². The Labute approximate surface area is 145 Å². The standard InChI is InChI=1S/C18H21N3O2S/c1-10-4-3-5-11(6-10)16-15(20-18(23-2)24-16)17(22)21-9-12-7-13(12)14(21)8-19/h3-6,12-14H,7-9,19H2,1-2H3/t12-,13-,14+/m0/s1. The summed E-state index contributed by atoms with van der Waals surface area (Å²) in [5.41, 5.74) is 8.57. The second kappa shape index (κ2) is 5.86. The summed E-state index contributed by atoms with van der Waals surface area (Å²) < 4.78 is 5.30. The second-order valence-corrected chi connectivity index (χ2v) is 7.61. The first-order valence-corrected chi connectivity index (χ1v) is 9.07. The molecule has 126 valence electrons. The smallest absolute Gasteiger partial charge is 0.274 e. The molecule has 1 saturated carbocycles.